The molecule has 0 aliphatic heterocycles. The zero-order valence-electron chi connectivity index (χ0n) is 18.5. The van der Waals surface area contributed by atoms with Crippen LogP contribution in [0.4, 0.5) is 8.78 Å². The first-order valence-corrected chi connectivity index (χ1v) is 10.3. The maximum absolute atomic E-state index is 15.2. The Kier molecular flexibility index (Phi) is 6.81. The molecule has 9 heteroatoms. The molecule has 0 aliphatic carbocycles. The molecule has 174 valence electrons. The van der Waals surface area contributed by atoms with Gasteiger partial charge in [-0.05, 0) is 48.1 Å². The molecule has 1 heterocycles. The third kappa shape index (κ3) is 4.87. The van der Waals surface area contributed by atoms with Crippen molar-refractivity contribution in [2.75, 3.05) is 0 Å². The fourth-order valence-corrected chi connectivity index (χ4v) is 3.61. The second-order valence-corrected chi connectivity index (χ2v) is 8.00. The van der Waals surface area contributed by atoms with E-state index in [1.165, 1.54) is 38.1 Å². The highest BCUT2D eigenvalue weighted by Gasteiger charge is 2.30. The second-order valence-electron chi connectivity index (χ2n) is 8.00. The number of ether oxygens (including phenoxy) is 1. The topological polar surface area (TPSA) is 109 Å². The first-order valence-electron chi connectivity index (χ1n) is 10.3. The summed E-state index contributed by atoms with van der Waals surface area (Å²) in [5.74, 6) is -4.37. The normalized spacial score (nSPS) is 13.1. The predicted molar refractivity (Wildman–Crippen MR) is 118 cm³/mol. The van der Waals surface area contributed by atoms with Crippen LogP contribution in [0.1, 0.15) is 39.3 Å². The Morgan fingerprint density at radius 3 is 2.24 bits per heavy atom. The maximum atomic E-state index is 15.2. The summed E-state index contributed by atoms with van der Waals surface area (Å²) in [5, 5.41) is 22.0. The van der Waals surface area contributed by atoms with Gasteiger partial charge in [0, 0.05) is 12.5 Å². The first-order chi connectivity index (χ1) is 15.5. The first kappa shape index (κ1) is 23.9. The van der Waals surface area contributed by atoms with Crippen molar-refractivity contribution in [3.05, 3.63) is 53.7 Å². The molecule has 3 aromatic rings. The summed E-state index contributed by atoms with van der Waals surface area (Å²) in [6.45, 7) is 6.30. The molecule has 1 amide bonds. The summed E-state index contributed by atoms with van der Waals surface area (Å²) in [4.78, 5) is 27.6. The number of nitrogens with one attached hydrogen (secondary N) is 1. The summed E-state index contributed by atoms with van der Waals surface area (Å²) in [6.07, 6.45) is -1.12. The van der Waals surface area contributed by atoms with E-state index >= 15 is 4.39 Å². The highest BCUT2D eigenvalue weighted by atomic mass is 19.1. The van der Waals surface area contributed by atoms with Gasteiger partial charge in [0.05, 0.1) is 11.1 Å². The average Bonchev–Trinajstić information content (AvgIpc) is 2.74. The number of phenols is 1. The van der Waals surface area contributed by atoms with Gasteiger partial charge in [0.25, 0.3) is 0 Å². The Hall–Kier alpha value is -3.75. The largest absolute Gasteiger partial charge is 0.505 e. The van der Waals surface area contributed by atoms with E-state index in [0.717, 1.165) is 0 Å². The van der Waals surface area contributed by atoms with Crippen LogP contribution in [0.5, 0.6) is 11.6 Å². The van der Waals surface area contributed by atoms with Crippen LogP contribution in [0.25, 0.3) is 21.9 Å². The van der Waals surface area contributed by atoms with Crippen LogP contribution in [0.3, 0.4) is 0 Å². The molecule has 7 nitrogen and oxygen atoms in total. The molecule has 33 heavy (non-hydrogen) atoms. The lowest BCUT2D eigenvalue weighted by Crippen LogP contribution is -2.49. The van der Waals surface area contributed by atoms with Gasteiger partial charge >= 0.3 is 5.97 Å². The number of benzene rings is 2. The third-order valence-electron chi connectivity index (χ3n) is 5.15. The van der Waals surface area contributed by atoms with Crippen molar-refractivity contribution in [1.29, 1.82) is 0 Å². The Morgan fingerprint density at radius 1 is 1.06 bits per heavy atom. The van der Waals surface area contributed by atoms with Crippen LogP contribution >= 0.6 is 0 Å². The molecular formula is C24H24F2N2O5. The predicted octanol–water partition coefficient (Wildman–Crippen LogP) is 4.37. The van der Waals surface area contributed by atoms with Crippen molar-refractivity contribution < 1.29 is 33.3 Å². The summed E-state index contributed by atoms with van der Waals surface area (Å²) in [7, 11) is 0. The number of amides is 1. The number of nitrogens with zero attached hydrogens (tertiary/aromatic N) is 1. The lowest BCUT2D eigenvalue weighted by atomic mass is 9.92. The van der Waals surface area contributed by atoms with Crippen LogP contribution in [0.15, 0.2) is 36.4 Å². The molecule has 0 spiro atoms. The molecule has 2 aromatic carbocycles. The summed E-state index contributed by atoms with van der Waals surface area (Å²) in [6, 6.07) is 6.92. The van der Waals surface area contributed by atoms with E-state index in [-0.39, 0.29) is 17.2 Å². The zero-order valence-corrected chi connectivity index (χ0v) is 18.5. The average molecular weight is 458 g/mol. The molecule has 0 aliphatic rings. The van der Waals surface area contributed by atoms with Crippen molar-refractivity contribution in [1.82, 2.24) is 10.3 Å². The molecular weight excluding hydrogens is 434 g/mol. The number of phenolic OH excluding ortho intramolecular Hbond substituents is 1. The minimum Gasteiger partial charge on any atom is -0.505 e. The van der Waals surface area contributed by atoms with E-state index in [1.54, 1.807) is 12.1 Å². The monoisotopic (exact) mass is 458 g/mol. The Balaban J connectivity index is 2.27. The number of hydrogen-bond acceptors (Lipinski definition) is 5. The standard InChI is InChI=1S/C24H24F2N2O5/c1-11(2)21-18(14-5-7-15(25)8-6-14)16-9-10-17(30)20(26)19(16)23(28-21)33-12(3)22(24(31)32)27-13(4)29/h5-12,22,30H,1-4H3,(H,27,29)(H,31,32)/t12-,22?/m1/s1. The van der Waals surface area contributed by atoms with Gasteiger partial charge in [-0.15, -0.1) is 0 Å². The van der Waals surface area contributed by atoms with Crippen molar-refractivity contribution >= 4 is 22.6 Å². The van der Waals surface area contributed by atoms with Crippen LogP contribution in [0.2, 0.25) is 0 Å². The quantitative estimate of drug-likeness (QED) is 0.485. The number of pyridine rings is 1. The van der Waals surface area contributed by atoms with Gasteiger partial charge < -0.3 is 20.3 Å². The third-order valence-corrected chi connectivity index (χ3v) is 5.15. The molecule has 0 saturated heterocycles. The van der Waals surface area contributed by atoms with Gasteiger partial charge in [-0.3, -0.25) is 4.79 Å². The molecule has 3 N–H and O–H groups in total. The van der Waals surface area contributed by atoms with Crippen molar-refractivity contribution in [3.63, 3.8) is 0 Å². The Bertz CT molecular complexity index is 1210. The molecule has 2 atom stereocenters. The fraction of sp³-hybridized carbons (Fsp3) is 0.292. The van der Waals surface area contributed by atoms with E-state index in [2.05, 4.69) is 10.3 Å². The maximum Gasteiger partial charge on any atom is 0.330 e. The number of aliphatic carboxylic acids is 1. The number of carboxylic acid groups (broad SMARTS) is 1. The van der Waals surface area contributed by atoms with Crippen LogP contribution < -0.4 is 10.1 Å². The van der Waals surface area contributed by atoms with Crippen molar-refractivity contribution in [2.45, 2.75) is 45.8 Å². The van der Waals surface area contributed by atoms with Crippen LogP contribution in [-0.4, -0.2) is 39.2 Å². The number of carbonyl (C=O) groups excluding carboxylic acids is 1. The highest BCUT2D eigenvalue weighted by molar-refractivity contribution is 6.01. The number of halogens is 2. The van der Waals surface area contributed by atoms with Gasteiger partial charge in [-0.1, -0.05) is 26.0 Å². The molecule has 1 unspecified atom stereocenters. The number of aromatic hydroxyl groups is 1. The molecule has 0 bridgehead atoms. The molecule has 1 aromatic heterocycles. The van der Waals surface area contributed by atoms with Crippen molar-refractivity contribution in [3.8, 4) is 22.8 Å². The van der Waals surface area contributed by atoms with E-state index in [9.17, 15) is 24.2 Å². The number of aromatic nitrogens is 1. The van der Waals surface area contributed by atoms with E-state index in [0.29, 0.717) is 22.2 Å². The van der Waals surface area contributed by atoms with Crippen molar-refractivity contribution in [2.24, 2.45) is 0 Å². The highest BCUT2D eigenvalue weighted by Crippen LogP contribution is 2.42. The SMILES string of the molecule is CC(=O)NC(C(=O)O)[C@@H](C)Oc1nc(C(C)C)c(-c2ccc(F)cc2)c2ccc(O)c(F)c12. The Morgan fingerprint density at radius 2 is 1.70 bits per heavy atom. The molecule has 0 radical (unpaired) electrons. The van der Waals surface area contributed by atoms with Gasteiger partial charge in [0.2, 0.25) is 11.8 Å². The minimum atomic E-state index is -1.42. The summed E-state index contributed by atoms with van der Waals surface area (Å²) < 4.78 is 34.5. The number of hydrogen-bond donors (Lipinski definition) is 3. The van der Waals surface area contributed by atoms with Gasteiger partial charge in [-0.25, -0.2) is 18.6 Å². The molecule has 0 saturated carbocycles. The second kappa shape index (κ2) is 9.40. The van der Waals surface area contributed by atoms with E-state index in [1.807, 2.05) is 13.8 Å². The summed E-state index contributed by atoms with van der Waals surface area (Å²) >= 11 is 0. The van der Waals surface area contributed by atoms with Crippen LogP contribution in [0, 0.1) is 11.6 Å². The Labute approximate surface area is 189 Å². The van der Waals surface area contributed by atoms with Gasteiger partial charge in [0.15, 0.2) is 17.6 Å². The lowest BCUT2D eigenvalue weighted by Gasteiger charge is -2.24. The summed E-state index contributed by atoms with van der Waals surface area (Å²) in [5.41, 5.74) is 1.63. The smallest absolute Gasteiger partial charge is 0.330 e. The fourth-order valence-electron chi connectivity index (χ4n) is 3.61. The minimum absolute atomic E-state index is 0.155. The van der Waals surface area contributed by atoms with E-state index in [4.69, 9.17) is 4.74 Å². The van der Waals surface area contributed by atoms with Crippen LogP contribution in [-0.2, 0) is 9.59 Å². The number of carboxylic acids is 1. The van der Waals surface area contributed by atoms with E-state index < -0.39 is 41.4 Å². The van der Waals surface area contributed by atoms with Gasteiger partial charge in [-0.2, -0.15) is 0 Å². The molecule has 3 rings (SSSR count). The zero-order chi connectivity index (χ0) is 24.4. The lowest BCUT2D eigenvalue weighted by molar-refractivity contribution is -0.144. The van der Waals surface area contributed by atoms with Gasteiger partial charge in [0.1, 0.15) is 11.9 Å². The molecule has 0 fully saturated rings. The number of rotatable bonds is 7. The number of fused-ring (bicyclic) bond motifs is 1. The number of carbonyl (C=O) groups is 2.